The molecule has 0 aliphatic carbocycles. The number of rotatable bonds is 31. The molecule has 0 unspecified atom stereocenters. The van der Waals surface area contributed by atoms with Crippen LogP contribution in [-0.4, -0.2) is 81.0 Å². The second kappa shape index (κ2) is 29.5. The zero-order chi connectivity index (χ0) is 26.4. The Balaban J connectivity index is 3.10. The second-order valence-electron chi connectivity index (χ2n) is 10.3. The summed E-state index contributed by atoms with van der Waals surface area (Å²) in [5.41, 5.74) is 0. The van der Waals surface area contributed by atoms with Gasteiger partial charge in [0.25, 0.3) is 0 Å². The lowest BCUT2D eigenvalue weighted by Crippen LogP contribution is -2.31. The quantitative estimate of drug-likeness (QED) is 0.0682. The molecule has 0 saturated heterocycles. The van der Waals surface area contributed by atoms with Crippen molar-refractivity contribution in [2.75, 3.05) is 72.7 Å². The molecule has 0 aromatic carbocycles. The van der Waals surface area contributed by atoms with Crippen LogP contribution in [0, 0.1) is 0 Å². The molecule has 0 amide bonds. The molecule has 0 heterocycles. The van der Waals surface area contributed by atoms with Gasteiger partial charge in [-0.05, 0) is 25.6 Å². The zero-order valence-electron chi connectivity index (χ0n) is 24.6. The number of ether oxygens (including phenoxy) is 5. The van der Waals surface area contributed by atoms with Crippen molar-refractivity contribution in [3.63, 3.8) is 0 Å². The fourth-order valence-corrected chi connectivity index (χ4v) is 5.89. The van der Waals surface area contributed by atoms with E-state index in [2.05, 4.69) is 26.9 Å². The monoisotopic (exact) mass is 534 g/mol. The largest absolute Gasteiger partial charge is 0.415 e. The SMILES string of the molecule is CCCCCCCCCCCCCOCCOCCOCCOCCOCCO[Si](C)(C)CCCC. The summed E-state index contributed by atoms with van der Waals surface area (Å²) in [6.45, 7) is 16.1. The first kappa shape index (κ1) is 36.0. The molecule has 0 rings (SSSR count). The Bertz CT molecular complexity index is 411. The first-order valence-corrected chi connectivity index (χ1v) is 18.3. The number of hydrogen-bond acceptors (Lipinski definition) is 6. The highest BCUT2D eigenvalue weighted by Gasteiger charge is 2.20. The zero-order valence-corrected chi connectivity index (χ0v) is 25.6. The maximum atomic E-state index is 6.02. The van der Waals surface area contributed by atoms with E-state index in [0.717, 1.165) is 13.0 Å². The Labute approximate surface area is 225 Å². The summed E-state index contributed by atoms with van der Waals surface area (Å²) in [5.74, 6) is 0. The molecule has 0 aliphatic heterocycles. The Hall–Kier alpha value is -0.0231. The third kappa shape index (κ3) is 30.2. The fourth-order valence-electron chi connectivity index (χ4n) is 3.90. The average molecular weight is 535 g/mol. The standard InChI is InChI=1S/C29H62O6Si/c1-5-7-9-10-11-12-13-14-15-16-17-18-30-19-20-31-21-22-32-23-24-33-25-26-34-27-28-35-36(3,4)29-8-6-2/h5-29H2,1-4H3. The Morgan fingerprint density at radius 2 is 0.694 bits per heavy atom. The van der Waals surface area contributed by atoms with Crippen LogP contribution < -0.4 is 0 Å². The van der Waals surface area contributed by atoms with Gasteiger partial charge in [-0.15, -0.1) is 0 Å². The van der Waals surface area contributed by atoms with Crippen LogP contribution in [-0.2, 0) is 28.1 Å². The molecule has 0 aromatic heterocycles. The average Bonchev–Trinajstić information content (AvgIpc) is 2.87. The third-order valence-electron chi connectivity index (χ3n) is 6.23. The molecule has 0 aromatic rings. The molecule has 0 aliphatic rings. The van der Waals surface area contributed by atoms with Gasteiger partial charge in [0.05, 0.1) is 66.1 Å². The van der Waals surface area contributed by atoms with Crippen LogP contribution in [0.5, 0.6) is 0 Å². The van der Waals surface area contributed by atoms with Crippen molar-refractivity contribution in [1.82, 2.24) is 0 Å². The van der Waals surface area contributed by atoms with Crippen LogP contribution in [0.4, 0.5) is 0 Å². The predicted octanol–water partition coefficient (Wildman–Crippen LogP) is 7.40. The van der Waals surface area contributed by atoms with Gasteiger partial charge in [0.15, 0.2) is 8.32 Å². The van der Waals surface area contributed by atoms with Crippen LogP contribution >= 0.6 is 0 Å². The van der Waals surface area contributed by atoms with Crippen molar-refractivity contribution >= 4 is 8.32 Å². The summed E-state index contributed by atoms with van der Waals surface area (Å²) < 4.78 is 33.9. The molecular weight excluding hydrogens is 472 g/mol. The van der Waals surface area contributed by atoms with Crippen molar-refractivity contribution in [3.8, 4) is 0 Å². The Morgan fingerprint density at radius 3 is 1.11 bits per heavy atom. The number of unbranched alkanes of at least 4 members (excludes halogenated alkanes) is 11. The summed E-state index contributed by atoms with van der Waals surface area (Å²) in [5, 5.41) is 0. The predicted molar refractivity (Wildman–Crippen MR) is 154 cm³/mol. The molecule has 0 spiro atoms. The van der Waals surface area contributed by atoms with Gasteiger partial charge in [-0.25, -0.2) is 0 Å². The van der Waals surface area contributed by atoms with Crippen LogP contribution in [0.25, 0.3) is 0 Å². The van der Waals surface area contributed by atoms with Gasteiger partial charge in [-0.1, -0.05) is 90.9 Å². The number of hydrogen-bond donors (Lipinski definition) is 0. The smallest absolute Gasteiger partial charge is 0.186 e. The highest BCUT2D eigenvalue weighted by Crippen LogP contribution is 2.14. The summed E-state index contributed by atoms with van der Waals surface area (Å²) >= 11 is 0. The van der Waals surface area contributed by atoms with E-state index in [1.54, 1.807) is 0 Å². The van der Waals surface area contributed by atoms with Crippen LogP contribution in [0.2, 0.25) is 19.1 Å². The topological polar surface area (TPSA) is 55.4 Å². The van der Waals surface area contributed by atoms with Crippen molar-refractivity contribution in [3.05, 3.63) is 0 Å². The van der Waals surface area contributed by atoms with Gasteiger partial charge in [0, 0.05) is 6.61 Å². The van der Waals surface area contributed by atoms with Crippen molar-refractivity contribution in [2.45, 2.75) is 116 Å². The van der Waals surface area contributed by atoms with E-state index in [-0.39, 0.29) is 0 Å². The molecule has 0 atom stereocenters. The first-order chi connectivity index (χ1) is 17.6. The van der Waals surface area contributed by atoms with E-state index in [0.29, 0.717) is 66.1 Å². The van der Waals surface area contributed by atoms with Gasteiger partial charge >= 0.3 is 0 Å². The molecule has 6 nitrogen and oxygen atoms in total. The first-order valence-electron chi connectivity index (χ1n) is 15.1. The molecule has 218 valence electrons. The van der Waals surface area contributed by atoms with Crippen LogP contribution in [0.1, 0.15) is 97.3 Å². The lowest BCUT2D eigenvalue weighted by atomic mass is 10.1. The van der Waals surface area contributed by atoms with Crippen LogP contribution in [0.15, 0.2) is 0 Å². The van der Waals surface area contributed by atoms with E-state index in [1.165, 1.54) is 83.1 Å². The summed E-state index contributed by atoms with van der Waals surface area (Å²) in [6.07, 6.45) is 17.5. The summed E-state index contributed by atoms with van der Waals surface area (Å²) in [7, 11) is -1.49. The van der Waals surface area contributed by atoms with Gasteiger partial charge in [0.2, 0.25) is 0 Å². The third-order valence-corrected chi connectivity index (χ3v) is 8.78. The minimum absolute atomic E-state index is 0.582. The van der Waals surface area contributed by atoms with Gasteiger partial charge in [0.1, 0.15) is 0 Å². The molecular formula is C29H62O6Si. The minimum Gasteiger partial charge on any atom is -0.415 e. The fraction of sp³-hybridized carbons (Fsp3) is 1.00. The maximum absolute atomic E-state index is 6.02. The van der Waals surface area contributed by atoms with E-state index < -0.39 is 8.32 Å². The van der Waals surface area contributed by atoms with Crippen molar-refractivity contribution in [1.29, 1.82) is 0 Å². The lowest BCUT2D eigenvalue weighted by Gasteiger charge is -2.22. The molecule has 0 bridgehead atoms. The summed E-state index contributed by atoms with van der Waals surface area (Å²) in [6, 6.07) is 1.23. The molecule has 0 fully saturated rings. The molecule has 0 radical (unpaired) electrons. The Morgan fingerprint density at radius 1 is 0.361 bits per heavy atom. The van der Waals surface area contributed by atoms with Gasteiger partial charge < -0.3 is 28.1 Å². The molecule has 0 saturated carbocycles. The van der Waals surface area contributed by atoms with E-state index in [1.807, 2.05) is 0 Å². The van der Waals surface area contributed by atoms with E-state index >= 15 is 0 Å². The second-order valence-corrected chi connectivity index (χ2v) is 14.6. The van der Waals surface area contributed by atoms with E-state index in [4.69, 9.17) is 28.1 Å². The van der Waals surface area contributed by atoms with Crippen molar-refractivity contribution in [2.24, 2.45) is 0 Å². The van der Waals surface area contributed by atoms with Gasteiger partial charge in [-0.3, -0.25) is 0 Å². The molecule has 36 heavy (non-hydrogen) atoms. The Kier molecular flexibility index (Phi) is 29.5. The molecule has 7 heteroatoms. The maximum Gasteiger partial charge on any atom is 0.186 e. The van der Waals surface area contributed by atoms with Crippen molar-refractivity contribution < 1.29 is 28.1 Å². The molecule has 0 N–H and O–H groups in total. The summed E-state index contributed by atoms with van der Waals surface area (Å²) in [4.78, 5) is 0. The normalized spacial score (nSPS) is 12.0. The van der Waals surface area contributed by atoms with Gasteiger partial charge in [-0.2, -0.15) is 0 Å². The highest BCUT2D eigenvalue weighted by molar-refractivity contribution is 6.71. The lowest BCUT2D eigenvalue weighted by molar-refractivity contribution is -0.0130. The minimum atomic E-state index is -1.49. The van der Waals surface area contributed by atoms with E-state index in [9.17, 15) is 0 Å². The highest BCUT2D eigenvalue weighted by atomic mass is 28.4. The van der Waals surface area contributed by atoms with Crippen LogP contribution in [0.3, 0.4) is 0 Å².